The summed E-state index contributed by atoms with van der Waals surface area (Å²) in [5, 5.41) is 3.26. The highest BCUT2D eigenvalue weighted by atomic mass is 15.1. The molecule has 1 heterocycles. The van der Waals surface area contributed by atoms with Crippen molar-refractivity contribution in [1.82, 2.24) is 9.97 Å². The Morgan fingerprint density at radius 1 is 1.16 bits per heavy atom. The maximum Gasteiger partial charge on any atom is 0.227 e. The van der Waals surface area contributed by atoms with Gasteiger partial charge in [-0.25, -0.2) is 9.97 Å². The van der Waals surface area contributed by atoms with Crippen LogP contribution in [-0.4, -0.2) is 9.97 Å². The molecule has 1 aromatic heterocycles. The summed E-state index contributed by atoms with van der Waals surface area (Å²) >= 11 is 0. The number of hydrogen-bond donors (Lipinski definition) is 1. The number of nitrogens with zero attached hydrogens (tertiary/aromatic N) is 2. The predicted molar refractivity (Wildman–Crippen MR) is 77.7 cm³/mol. The molecule has 0 saturated carbocycles. The van der Waals surface area contributed by atoms with Crippen LogP contribution in [0.4, 0.5) is 11.6 Å². The fourth-order valence-corrected chi connectivity index (χ4v) is 2.89. The van der Waals surface area contributed by atoms with Gasteiger partial charge in [-0.1, -0.05) is 32.0 Å². The first-order valence-corrected chi connectivity index (χ1v) is 6.90. The Hall–Kier alpha value is -1.90. The third-order valence-electron chi connectivity index (χ3n) is 3.72. The van der Waals surface area contributed by atoms with E-state index in [1.54, 1.807) is 0 Å². The number of rotatable bonds is 2. The number of benzene rings is 1. The van der Waals surface area contributed by atoms with Crippen LogP contribution in [0.25, 0.3) is 0 Å². The van der Waals surface area contributed by atoms with Crippen LogP contribution in [0.2, 0.25) is 0 Å². The molecule has 2 unspecified atom stereocenters. The third-order valence-corrected chi connectivity index (χ3v) is 3.72. The monoisotopic (exact) mass is 253 g/mol. The summed E-state index contributed by atoms with van der Waals surface area (Å²) in [5.74, 6) is 1.96. The first-order chi connectivity index (χ1) is 9.22. The van der Waals surface area contributed by atoms with Gasteiger partial charge in [0, 0.05) is 11.9 Å². The van der Waals surface area contributed by atoms with Crippen LogP contribution in [0.3, 0.4) is 0 Å². The van der Waals surface area contributed by atoms with E-state index < -0.39 is 0 Å². The standard InChI is InChI=1S/C16H19N3/c1-11-8-12(2)15-13(9-11)10-17-16(19-15)18-14-6-4-3-5-7-14/h3-7,10-12H,8-9H2,1-2H3,(H,17,18,19). The van der Waals surface area contributed by atoms with Gasteiger partial charge < -0.3 is 5.32 Å². The highest BCUT2D eigenvalue weighted by Gasteiger charge is 2.23. The second-order valence-corrected chi connectivity index (χ2v) is 5.54. The molecule has 0 spiro atoms. The average Bonchev–Trinajstić information content (AvgIpc) is 2.40. The normalized spacial score (nSPS) is 21.8. The predicted octanol–water partition coefficient (Wildman–Crippen LogP) is 3.91. The molecule has 2 atom stereocenters. The molecule has 0 bridgehead atoms. The molecule has 0 saturated heterocycles. The van der Waals surface area contributed by atoms with Crippen LogP contribution in [-0.2, 0) is 6.42 Å². The summed E-state index contributed by atoms with van der Waals surface area (Å²) in [6.45, 7) is 4.56. The van der Waals surface area contributed by atoms with E-state index in [-0.39, 0.29) is 0 Å². The fraction of sp³-hybridized carbons (Fsp3) is 0.375. The molecule has 3 rings (SSSR count). The molecule has 0 amide bonds. The molecule has 2 aromatic rings. The zero-order valence-corrected chi connectivity index (χ0v) is 11.4. The first-order valence-electron chi connectivity index (χ1n) is 6.90. The van der Waals surface area contributed by atoms with Gasteiger partial charge in [0.2, 0.25) is 5.95 Å². The minimum atomic E-state index is 0.526. The van der Waals surface area contributed by atoms with E-state index in [9.17, 15) is 0 Å². The van der Waals surface area contributed by atoms with E-state index in [1.165, 1.54) is 17.7 Å². The second-order valence-electron chi connectivity index (χ2n) is 5.54. The van der Waals surface area contributed by atoms with Crippen LogP contribution in [0, 0.1) is 5.92 Å². The molecule has 0 fully saturated rings. The van der Waals surface area contributed by atoms with Crippen LogP contribution in [0.15, 0.2) is 36.5 Å². The number of hydrogen-bond acceptors (Lipinski definition) is 3. The Morgan fingerprint density at radius 3 is 2.74 bits per heavy atom. The number of para-hydroxylation sites is 1. The highest BCUT2D eigenvalue weighted by molar-refractivity contribution is 5.53. The minimum absolute atomic E-state index is 0.526. The fourth-order valence-electron chi connectivity index (χ4n) is 2.89. The molecule has 3 nitrogen and oxygen atoms in total. The number of aromatic nitrogens is 2. The SMILES string of the molecule is CC1Cc2cnc(Nc3ccccc3)nc2C(C)C1. The van der Waals surface area contributed by atoms with Gasteiger partial charge in [-0.2, -0.15) is 0 Å². The molecule has 1 aliphatic rings. The van der Waals surface area contributed by atoms with Crippen LogP contribution in [0.1, 0.15) is 37.4 Å². The summed E-state index contributed by atoms with van der Waals surface area (Å²) in [6.07, 6.45) is 4.31. The topological polar surface area (TPSA) is 37.8 Å². The van der Waals surface area contributed by atoms with Crippen molar-refractivity contribution in [3.8, 4) is 0 Å². The van der Waals surface area contributed by atoms with Gasteiger partial charge in [-0.05, 0) is 42.4 Å². The lowest BCUT2D eigenvalue weighted by atomic mass is 9.82. The van der Waals surface area contributed by atoms with Gasteiger partial charge in [0.1, 0.15) is 0 Å². The smallest absolute Gasteiger partial charge is 0.227 e. The number of fused-ring (bicyclic) bond motifs is 1. The quantitative estimate of drug-likeness (QED) is 0.881. The van der Waals surface area contributed by atoms with Gasteiger partial charge in [0.05, 0.1) is 5.69 Å². The van der Waals surface area contributed by atoms with E-state index in [2.05, 4.69) is 24.1 Å². The Bertz CT molecular complexity index is 565. The molecule has 98 valence electrons. The van der Waals surface area contributed by atoms with Crippen molar-refractivity contribution in [1.29, 1.82) is 0 Å². The van der Waals surface area contributed by atoms with Gasteiger partial charge in [-0.15, -0.1) is 0 Å². The average molecular weight is 253 g/mol. The molecule has 3 heteroatoms. The summed E-state index contributed by atoms with van der Waals surface area (Å²) in [7, 11) is 0. The summed E-state index contributed by atoms with van der Waals surface area (Å²) in [4.78, 5) is 9.14. The van der Waals surface area contributed by atoms with Crippen molar-refractivity contribution < 1.29 is 0 Å². The lowest BCUT2D eigenvalue weighted by molar-refractivity contribution is 0.440. The molecule has 1 aliphatic carbocycles. The van der Waals surface area contributed by atoms with Crippen molar-refractivity contribution in [2.24, 2.45) is 5.92 Å². The second kappa shape index (κ2) is 5.00. The maximum absolute atomic E-state index is 4.70. The maximum atomic E-state index is 4.70. The molecule has 0 aliphatic heterocycles. The lowest BCUT2D eigenvalue weighted by Crippen LogP contribution is -2.17. The Balaban J connectivity index is 1.87. The Labute approximate surface area is 114 Å². The van der Waals surface area contributed by atoms with Crippen LogP contribution >= 0.6 is 0 Å². The van der Waals surface area contributed by atoms with Gasteiger partial charge in [0.25, 0.3) is 0 Å². The minimum Gasteiger partial charge on any atom is -0.324 e. The first kappa shape index (κ1) is 12.2. The molecule has 1 aromatic carbocycles. The van der Waals surface area contributed by atoms with E-state index in [1.807, 2.05) is 36.5 Å². The van der Waals surface area contributed by atoms with Crippen molar-refractivity contribution in [2.45, 2.75) is 32.6 Å². The van der Waals surface area contributed by atoms with Gasteiger partial charge in [-0.3, -0.25) is 0 Å². The summed E-state index contributed by atoms with van der Waals surface area (Å²) in [6, 6.07) is 10.1. The molecule has 1 N–H and O–H groups in total. The molecule has 19 heavy (non-hydrogen) atoms. The summed E-state index contributed by atoms with van der Waals surface area (Å²) < 4.78 is 0. The Kier molecular flexibility index (Phi) is 3.20. The summed E-state index contributed by atoms with van der Waals surface area (Å²) in [5.41, 5.74) is 3.55. The van der Waals surface area contributed by atoms with Crippen molar-refractivity contribution in [3.05, 3.63) is 47.8 Å². The van der Waals surface area contributed by atoms with Crippen LogP contribution < -0.4 is 5.32 Å². The van der Waals surface area contributed by atoms with Crippen molar-refractivity contribution in [2.75, 3.05) is 5.32 Å². The molecular formula is C16H19N3. The zero-order chi connectivity index (χ0) is 13.2. The van der Waals surface area contributed by atoms with Crippen LogP contribution in [0.5, 0.6) is 0 Å². The third kappa shape index (κ3) is 2.60. The van der Waals surface area contributed by atoms with E-state index in [4.69, 9.17) is 4.98 Å². The van der Waals surface area contributed by atoms with Gasteiger partial charge in [0.15, 0.2) is 0 Å². The number of anilines is 2. The lowest BCUT2D eigenvalue weighted by Gasteiger charge is -2.26. The highest BCUT2D eigenvalue weighted by Crippen LogP contribution is 2.33. The largest absolute Gasteiger partial charge is 0.324 e. The molecule has 0 radical (unpaired) electrons. The zero-order valence-electron chi connectivity index (χ0n) is 11.4. The Morgan fingerprint density at radius 2 is 1.95 bits per heavy atom. The van der Waals surface area contributed by atoms with Crippen molar-refractivity contribution in [3.63, 3.8) is 0 Å². The molecular weight excluding hydrogens is 234 g/mol. The van der Waals surface area contributed by atoms with Gasteiger partial charge >= 0.3 is 0 Å². The van der Waals surface area contributed by atoms with Crippen molar-refractivity contribution >= 4 is 11.6 Å². The van der Waals surface area contributed by atoms with E-state index in [0.29, 0.717) is 11.9 Å². The number of nitrogens with one attached hydrogen (secondary N) is 1. The van der Waals surface area contributed by atoms with E-state index >= 15 is 0 Å². The van der Waals surface area contributed by atoms with E-state index in [0.717, 1.165) is 18.0 Å².